The van der Waals surface area contributed by atoms with Crippen molar-refractivity contribution in [1.82, 2.24) is 15.0 Å². The molecule has 2 aromatic rings. The summed E-state index contributed by atoms with van der Waals surface area (Å²) in [6, 6.07) is 8.10. The predicted molar refractivity (Wildman–Crippen MR) is 90.5 cm³/mol. The van der Waals surface area contributed by atoms with Gasteiger partial charge in [-0.15, -0.1) is 0 Å². The molecule has 1 aliphatic heterocycles. The van der Waals surface area contributed by atoms with E-state index >= 15 is 0 Å². The van der Waals surface area contributed by atoms with Crippen LogP contribution in [0.3, 0.4) is 0 Å². The van der Waals surface area contributed by atoms with Crippen LogP contribution in [0.25, 0.3) is 0 Å². The average molecular weight is 327 g/mol. The molecule has 1 saturated carbocycles. The molecule has 1 saturated heterocycles. The van der Waals surface area contributed by atoms with E-state index in [0.717, 1.165) is 35.8 Å². The summed E-state index contributed by atoms with van der Waals surface area (Å²) in [6.45, 7) is 4.16. The molecule has 1 atom stereocenters. The van der Waals surface area contributed by atoms with Gasteiger partial charge >= 0.3 is 0 Å². The average Bonchev–Trinajstić information content (AvgIpc) is 3.29. The second-order valence-corrected chi connectivity index (χ2v) is 7.34. The summed E-state index contributed by atoms with van der Waals surface area (Å²) in [5.74, 6) is 2.00. The molecule has 1 N–H and O–H groups in total. The molecule has 2 fully saturated rings. The number of benzene rings is 1. The van der Waals surface area contributed by atoms with Crippen LogP contribution < -0.4 is 0 Å². The van der Waals surface area contributed by atoms with Gasteiger partial charge in [-0.2, -0.15) is 4.98 Å². The Bertz CT molecular complexity index is 708. The third kappa shape index (κ3) is 2.98. The largest absolute Gasteiger partial charge is 0.384 e. The molecule has 5 heteroatoms. The smallest absolute Gasteiger partial charge is 0.229 e. The molecular weight excluding hydrogens is 302 g/mol. The number of nitrogens with zero attached hydrogens (tertiary/aromatic N) is 3. The topological polar surface area (TPSA) is 62.4 Å². The molecule has 2 heterocycles. The zero-order chi connectivity index (χ0) is 16.6. The van der Waals surface area contributed by atoms with Crippen molar-refractivity contribution < 1.29 is 9.63 Å². The van der Waals surface area contributed by atoms with Crippen LogP contribution in [0.5, 0.6) is 0 Å². The molecule has 128 valence electrons. The van der Waals surface area contributed by atoms with Gasteiger partial charge in [-0.25, -0.2) is 0 Å². The predicted octanol–water partition coefficient (Wildman–Crippen LogP) is 3.13. The van der Waals surface area contributed by atoms with Gasteiger partial charge in [0, 0.05) is 19.0 Å². The van der Waals surface area contributed by atoms with Crippen LogP contribution in [0.2, 0.25) is 0 Å². The molecule has 2 aliphatic rings. The molecule has 0 spiro atoms. The van der Waals surface area contributed by atoms with E-state index < -0.39 is 5.60 Å². The van der Waals surface area contributed by atoms with Gasteiger partial charge in [0.25, 0.3) is 0 Å². The lowest BCUT2D eigenvalue weighted by Crippen LogP contribution is -2.31. The van der Waals surface area contributed by atoms with E-state index in [2.05, 4.69) is 28.0 Å². The number of aryl methyl sites for hydroxylation is 1. The standard InChI is InChI=1S/C19H25N3O2/c1-14-6-2-5-9-16(14)19(23)10-11-22(13-19)12-17-20-18(24-21-17)15-7-3-4-8-15/h2,5-6,9,15,23H,3-4,7-8,10-13H2,1H3. The second kappa shape index (κ2) is 6.30. The van der Waals surface area contributed by atoms with Crippen LogP contribution in [-0.4, -0.2) is 33.2 Å². The molecule has 4 rings (SSSR count). The second-order valence-electron chi connectivity index (χ2n) is 7.34. The quantitative estimate of drug-likeness (QED) is 0.935. The number of aromatic nitrogens is 2. The van der Waals surface area contributed by atoms with Crippen LogP contribution in [0.4, 0.5) is 0 Å². The summed E-state index contributed by atoms with van der Waals surface area (Å²) in [4.78, 5) is 6.81. The van der Waals surface area contributed by atoms with Crippen LogP contribution in [-0.2, 0) is 12.1 Å². The fourth-order valence-corrected chi connectivity index (χ4v) is 4.19. The first-order chi connectivity index (χ1) is 11.6. The maximum Gasteiger partial charge on any atom is 0.229 e. The number of β-amino-alcohol motifs (C(OH)–C–C–N with tert-alkyl or cyclic N) is 1. The lowest BCUT2D eigenvalue weighted by molar-refractivity contribution is 0.0443. The lowest BCUT2D eigenvalue weighted by Gasteiger charge is -2.25. The van der Waals surface area contributed by atoms with Crippen molar-refractivity contribution in [3.05, 3.63) is 47.1 Å². The SMILES string of the molecule is Cc1ccccc1C1(O)CCN(Cc2noc(C3CCCC3)n2)C1. The summed E-state index contributed by atoms with van der Waals surface area (Å²) in [7, 11) is 0. The number of aliphatic hydroxyl groups is 1. The van der Waals surface area contributed by atoms with Crippen molar-refractivity contribution in [2.45, 2.75) is 57.1 Å². The third-order valence-corrected chi connectivity index (χ3v) is 5.53. The van der Waals surface area contributed by atoms with Crippen molar-refractivity contribution in [2.24, 2.45) is 0 Å². The monoisotopic (exact) mass is 327 g/mol. The highest BCUT2D eigenvalue weighted by molar-refractivity contribution is 5.32. The zero-order valence-corrected chi connectivity index (χ0v) is 14.2. The molecule has 0 bridgehead atoms. The van der Waals surface area contributed by atoms with E-state index in [4.69, 9.17) is 4.52 Å². The highest BCUT2D eigenvalue weighted by Gasteiger charge is 2.38. The number of hydrogen-bond donors (Lipinski definition) is 1. The minimum absolute atomic E-state index is 0.453. The Balaban J connectivity index is 1.43. The van der Waals surface area contributed by atoms with E-state index in [1.807, 2.05) is 18.2 Å². The summed E-state index contributed by atoms with van der Waals surface area (Å²) >= 11 is 0. The highest BCUT2D eigenvalue weighted by Crippen LogP contribution is 2.35. The minimum Gasteiger partial charge on any atom is -0.384 e. The minimum atomic E-state index is -0.774. The molecule has 1 aromatic carbocycles. The fourth-order valence-electron chi connectivity index (χ4n) is 4.19. The third-order valence-electron chi connectivity index (χ3n) is 5.53. The number of rotatable bonds is 4. The first-order valence-electron chi connectivity index (χ1n) is 8.97. The molecule has 24 heavy (non-hydrogen) atoms. The first-order valence-corrected chi connectivity index (χ1v) is 8.97. The maximum atomic E-state index is 11.1. The van der Waals surface area contributed by atoms with Crippen molar-refractivity contribution >= 4 is 0 Å². The Morgan fingerprint density at radius 1 is 1.29 bits per heavy atom. The molecule has 1 aliphatic carbocycles. The van der Waals surface area contributed by atoms with Crippen LogP contribution >= 0.6 is 0 Å². The molecule has 1 aromatic heterocycles. The van der Waals surface area contributed by atoms with Crippen molar-refractivity contribution in [3.63, 3.8) is 0 Å². The summed E-state index contributed by atoms with van der Waals surface area (Å²) in [5, 5.41) is 15.2. The summed E-state index contributed by atoms with van der Waals surface area (Å²) in [5.41, 5.74) is 1.40. The normalized spacial score (nSPS) is 25.6. The van der Waals surface area contributed by atoms with E-state index in [1.165, 1.54) is 25.7 Å². The number of hydrogen-bond acceptors (Lipinski definition) is 5. The summed E-state index contributed by atoms with van der Waals surface area (Å²) in [6.07, 6.45) is 5.60. The van der Waals surface area contributed by atoms with Gasteiger partial charge in [0.05, 0.1) is 6.54 Å². The van der Waals surface area contributed by atoms with Gasteiger partial charge in [-0.3, -0.25) is 4.90 Å². The molecular formula is C19H25N3O2. The van der Waals surface area contributed by atoms with Crippen LogP contribution in [0.1, 0.15) is 60.9 Å². The Morgan fingerprint density at radius 2 is 2.08 bits per heavy atom. The molecule has 5 nitrogen and oxygen atoms in total. The van der Waals surface area contributed by atoms with Gasteiger partial charge in [-0.1, -0.05) is 42.3 Å². The first kappa shape index (κ1) is 15.8. The Hall–Kier alpha value is -1.72. The molecule has 0 radical (unpaired) electrons. The van der Waals surface area contributed by atoms with E-state index in [1.54, 1.807) is 0 Å². The Morgan fingerprint density at radius 3 is 2.88 bits per heavy atom. The summed E-state index contributed by atoms with van der Waals surface area (Å²) < 4.78 is 5.46. The molecule has 1 unspecified atom stereocenters. The van der Waals surface area contributed by atoms with Crippen molar-refractivity contribution in [3.8, 4) is 0 Å². The van der Waals surface area contributed by atoms with Gasteiger partial charge in [0.2, 0.25) is 5.89 Å². The van der Waals surface area contributed by atoms with E-state index in [9.17, 15) is 5.11 Å². The van der Waals surface area contributed by atoms with E-state index in [0.29, 0.717) is 19.0 Å². The number of likely N-dealkylation sites (tertiary alicyclic amines) is 1. The highest BCUT2D eigenvalue weighted by atomic mass is 16.5. The molecule has 0 amide bonds. The van der Waals surface area contributed by atoms with Crippen molar-refractivity contribution in [1.29, 1.82) is 0 Å². The van der Waals surface area contributed by atoms with Crippen LogP contribution in [0, 0.1) is 6.92 Å². The zero-order valence-electron chi connectivity index (χ0n) is 14.2. The lowest BCUT2D eigenvalue weighted by atomic mass is 9.89. The van der Waals surface area contributed by atoms with Gasteiger partial charge in [0.15, 0.2) is 5.82 Å². The Kier molecular flexibility index (Phi) is 4.14. The fraction of sp³-hybridized carbons (Fsp3) is 0.579. The van der Waals surface area contributed by atoms with Gasteiger partial charge in [-0.05, 0) is 37.3 Å². The van der Waals surface area contributed by atoms with Gasteiger partial charge < -0.3 is 9.63 Å². The van der Waals surface area contributed by atoms with Crippen LogP contribution in [0.15, 0.2) is 28.8 Å². The maximum absolute atomic E-state index is 11.1. The van der Waals surface area contributed by atoms with E-state index in [-0.39, 0.29) is 0 Å². The van der Waals surface area contributed by atoms with Crippen molar-refractivity contribution in [2.75, 3.05) is 13.1 Å². The van der Waals surface area contributed by atoms with Gasteiger partial charge in [0.1, 0.15) is 5.60 Å². The Labute approximate surface area is 142 Å².